The molecule has 1 aromatic heterocycles. The maximum atomic E-state index is 12.4. The third kappa shape index (κ3) is 4.85. The number of pyridine rings is 1. The number of halogens is 2. The molecule has 1 N–H and O–H groups in total. The monoisotopic (exact) mass is 351 g/mol. The number of amides is 1. The summed E-state index contributed by atoms with van der Waals surface area (Å²) < 4.78 is 0. The van der Waals surface area contributed by atoms with E-state index in [9.17, 15) is 4.79 Å². The molecule has 4 nitrogen and oxygen atoms in total. The lowest BCUT2D eigenvalue weighted by molar-refractivity contribution is 0.0793. The van der Waals surface area contributed by atoms with Crippen LogP contribution in [-0.2, 0) is 0 Å². The van der Waals surface area contributed by atoms with Crippen molar-refractivity contribution in [2.45, 2.75) is 19.8 Å². The maximum Gasteiger partial charge on any atom is 0.253 e. The molecule has 122 valence electrons. The highest BCUT2D eigenvalue weighted by molar-refractivity contribution is 6.42. The zero-order chi connectivity index (χ0) is 16.8. The van der Waals surface area contributed by atoms with Gasteiger partial charge >= 0.3 is 0 Å². The molecule has 2 aromatic rings. The first-order chi connectivity index (χ1) is 11.0. The van der Waals surface area contributed by atoms with E-state index in [1.165, 1.54) is 0 Å². The molecule has 0 saturated heterocycles. The summed E-state index contributed by atoms with van der Waals surface area (Å²) in [7, 11) is 1.81. The Morgan fingerprint density at radius 2 is 2.00 bits per heavy atom. The molecule has 0 atom stereocenters. The summed E-state index contributed by atoms with van der Waals surface area (Å²) in [6, 6.07) is 8.67. The van der Waals surface area contributed by atoms with Gasteiger partial charge in [-0.1, -0.05) is 36.5 Å². The molecule has 0 unspecified atom stereocenters. The van der Waals surface area contributed by atoms with Crippen LogP contribution in [0.25, 0.3) is 0 Å². The van der Waals surface area contributed by atoms with Crippen molar-refractivity contribution in [3.63, 3.8) is 0 Å². The van der Waals surface area contributed by atoms with Crippen LogP contribution >= 0.6 is 23.2 Å². The number of hydrogen-bond donors (Lipinski definition) is 1. The molecule has 1 heterocycles. The summed E-state index contributed by atoms with van der Waals surface area (Å²) in [6.45, 7) is 2.84. The van der Waals surface area contributed by atoms with Gasteiger partial charge in [-0.2, -0.15) is 0 Å². The number of carbonyl (C=O) groups excluding carboxylic acids is 1. The standard InChI is InChI=1S/C17H19Cl2N3O/c1-3-4-9-22(2)17(23)12-7-8-20-16(10-12)21-13-5-6-14(18)15(19)11-13/h5-8,10-11H,3-4,9H2,1-2H3,(H,20,21). The Morgan fingerprint density at radius 3 is 2.70 bits per heavy atom. The lowest BCUT2D eigenvalue weighted by Crippen LogP contribution is -2.27. The molecule has 1 aromatic carbocycles. The van der Waals surface area contributed by atoms with Crippen LogP contribution in [0.1, 0.15) is 30.1 Å². The van der Waals surface area contributed by atoms with Gasteiger partial charge in [0, 0.05) is 31.0 Å². The number of benzene rings is 1. The minimum atomic E-state index is -0.0157. The highest BCUT2D eigenvalue weighted by Crippen LogP contribution is 2.26. The number of aromatic nitrogens is 1. The summed E-state index contributed by atoms with van der Waals surface area (Å²) in [6.07, 6.45) is 3.65. The van der Waals surface area contributed by atoms with E-state index < -0.39 is 0 Å². The molecule has 6 heteroatoms. The molecule has 0 aliphatic rings. The zero-order valence-corrected chi connectivity index (χ0v) is 14.7. The quantitative estimate of drug-likeness (QED) is 0.795. The van der Waals surface area contributed by atoms with Gasteiger partial charge in [0.05, 0.1) is 10.0 Å². The molecule has 0 aliphatic heterocycles. The van der Waals surface area contributed by atoms with E-state index in [4.69, 9.17) is 23.2 Å². The molecule has 0 spiro atoms. The number of nitrogens with one attached hydrogen (secondary N) is 1. The smallest absolute Gasteiger partial charge is 0.253 e. The van der Waals surface area contributed by atoms with E-state index in [0.29, 0.717) is 21.4 Å². The van der Waals surface area contributed by atoms with Crippen molar-refractivity contribution in [3.05, 3.63) is 52.1 Å². The minimum Gasteiger partial charge on any atom is -0.342 e. The topological polar surface area (TPSA) is 45.2 Å². The Labute approximate surface area is 146 Å². The van der Waals surface area contributed by atoms with Crippen LogP contribution in [0.5, 0.6) is 0 Å². The molecule has 0 radical (unpaired) electrons. The van der Waals surface area contributed by atoms with Crippen molar-refractivity contribution in [2.24, 2.45) is 0 Å². The zero-order valence-electron chi connectivity index (χ0n) is 13.1. The molecule has 0 aliphatic carbocycles. The summed E-state index contributed by atoms with van der Waals surface area (Å²) in [4.78, 5) is 18.3. The molecule has 2 rings (SSSR count). The highest BCUT2D eigenvalue weighted by atomic mass is 35.5. The van der Waals surface area contributed by atoms with Crippen molar-refractivity contribution in [1.29, 1.82) is 0 Å². The number of nitrogens with zero attached hydrogens (tertiary/aromatic N) is 2. The molecular formula is C17H19Cl2N3O. The van der Waals surface area contributed by atoms with Crippen LogP contribution in [0.15, 0.2) is 36.5 Å². The molecular weight excluding hydrogens is 333 g/mol. The fourth-order valence-electron chi connectivity index (χ4n) is 2.07. The van der Waals surface area contributed by atoms with Crippen LogP contribution in [0.2, 0.25) is 10.0 Å². The summed E-state index contributed by atoms with van der Waals surface area (Å²) >= 11 is 11.9. The van der Waals surface area contributed by atoms with E-state index in [2.05, 4.69) is 17.2 Å². The van der Waals surface area contributed by atoms with Gasteiger partial charge in [-0.25, -0.2) is 4.98 Å². The third-order valence-electron chi connectivity index (χ3n) is 3.39. The van der Waals surface area contributed by atoms with E-state index in [-0.39, 0.29) is 5.91 Å². The van der Waals surface area contributed by atoms with Crippen molar-refractivity contribution < 1.29 is 4.79 Å². The lowest BCUT2D eigenvalue weighted by Gasteiger charge is -2.17. The van der Waals surface area contributed by atoms with Gasteiger partial charge in [0.25, 0.3) is 5.91 Å². The average molecular weight is 352 g/mol. The maximum absolute atomic E-state index is 12.4. The summed E-state index contributed by atoms with van der Waals surface area (Å²) in [5.74, 6) is 0.566. The largest absolute Gasteiger partial charge is 0.342 e. The molecule has 1 amide bonds. The predicted molar refractivity (Wildman–Crippen MR) is 95.9 cm³/mol. The van der Waals surface area contributed by atoms with Crippen LogP contribution in [-0.4, -0.2) is 29.4 Å². The van der Waals surface area contributed by atoms with Crippen LogP contribution in [0, 0.1) is 0 Å². The van der Waals surface area contributed by atoms with Crippen molar-refractivity contribution >= 4 is 40.6 Å². The highest BCUT2D eigenvalue weighted by Gasteiger charge is 2.12. The number of rotatable bonds is 6. The van der Waals surface area contributed by atoms with Gasteiger partial charge in [-0.05, 0) is 36.8 Å². The number of carbonyl (C=O) groups is 1. The van der Waals surface area contributed by atoms with Crippen molar-refractivity contribution in [2.75, 3.05) is 18.9 Å². The first-order valence-corrected chi connectivity index (χ1v) is 8.20. The van der Waals surface area contributed by atoms with Gasteiger partial charge in [0.1, 0.15) is 5.82 Å². The predicted octanol–water partition coefficient (Wildman–Crippen LogP) is 5.00. The lowest BCUT2D eigenvalue weighted by atomic mass is 10.2. The third-order valence-corrected chi connectivity index (χ3v) is 4.13. The normalized spacial score (nSPS) is 10.4. The first-order valence-electron chi connectivity index (χ1n) is 7.45. The van der Waals surface area contributed by atoms with Crippen molar-refractivity contribution in [3.8, 4) is 0 Å². The van der Waals surface area contributed by atoms with Crippen LogP contribution < -0.4 is 5.32 Å². The van der Waals surface area contributed by atoms with Gasteiger partial charge in [0.2, 0.25) is 0 Å². The first kappa shape index (κ1) is 17.6. The molecule has 0 fully saturated rings. The van der Waals surface area contributed by atoms with Gasteiger partial charge in [0.15, 0.2) is 0 Å². The summed E-state index contributed by atoms with van der Waals surface area (Å²) in [5, 5.41) is 4.08. The minimum absolute atomic E-state index is 0.0157. The molecule has 0 bridgehead atoms. The Bertz CT molecular complexity index is 691. The molecule has 23 heavy (non-hydrogen) atoms. The number of hydrogen-bond acceptors (Lipinski definition) is 3. The number of unbranched alkanes of at least 4 members (excludes halogenated alkanes) is 1. The second kappa shape index (κ2) is 8.18. The van der Waals surface area contributed by atoms with E-state index in [0.717, 1.165) is 25.1 Å². The Morgan fingerprint density at radius 1 is 1.22 bits per heavy atom. The second-order valence-corrected chi connectivity index (χ2v) is 6.08. The Hall–Kier alpha value is -1.78. The second-order valence-electron chi connectivity index (χ2n) is 5.26. The molecule has 0 saturated carbocycles. The van der Waals surface area contributed by atoms with Crippen LogP contribution in [0.3, 0.4) is 0 Å². The van der Waals surface area contributed by atoms with Gasteiger partial charge in [-0.3, -0.25) is 4.79 Å². The fourth-order valence-corrected chi connectivity index (χ4v) is 2.37. The number of anilines is 2. The Balaban J connectivity index is 2.13. The SMILES string of the molecule is CCCCN(C)C(=O)c1ccnc(Nc2ccc(Cl)c(Cl)c2)c1. The van der Waals surface area contributed by atoms with E-state index in [1.807, 2.05) is 7.05 Å². The van der Waals surface area contributed by atoms with Crippen molar-refractivity contribution in [1.82, 2.24) is 9.88 Å². The average Bonchev–Trinajstić information content (AvgIpc) is 2.55. The fraction of sp³-hybridized carbons (Fsp3) is 0.294. The van der Waals surface area contributed by atoms with Gasteiger partial charge in [-0.15, -0.1) is 0 Å². The van der Waals surface area contributed by atoms with Gasteiger partial charge < -0.3 is 10.2 Å². The van der Waals surface area contributed by atoms with Crippen LogP contribution in [0.4, 0.5) is 11.5 Å². The van der Waals surface area contributed by atoms with E-state index >= 15 is 0 Å². The Kier molecular flexibility index (Phi) is 6.25. The summed E-state index contributed by atoms with van der Waals surface area (Å²) in [5.41, 5.74) is 1.36. The van der Waals surface area contributed by atoms with E-state index in [1.54, 1.807) is 41.4 Å².